The summed E-state index contributed by atoms with van der Waals surface area (Å²) >= 11 is 0. The van der Waals surface area contributed by atoms with Gasteiger partial charge in [-0.05, 0) is 96.7 Å². The molecule has 200 valence electrons. The summed E-state index contributed by atoms with van der Waals surface area (Å²) in [5.41, 5.74) is 0.417. The first-order valence-electron chi connectivity index (χ1n) is 14.1. The highest BCUT2D eigenvalue weighted by Crippen LogP contribution is 2.89. The molecule has 1 saturated heterocycles. The Kier molecular flexibility index (Phi) is 5.20. The number of sulfonamides is 1. The molecule has 5 aliphatic carbocycles. The van der Waals surface area contributed by atoms with Crippen molar-refractivity contribution in [2.24, 2.45) is 50.7 Å². The summed E-state index contributed by atoms with van der Waals surface area (Å²) in [6.07, 6.45) is 8.86. The first-order valence-corrected chi connectivity index (χ1v) is 16.0. The standard InChI is InChI=1S/C28H47NO5S/c1-16-13-17(14-29-35(6,32)33)34-22-21(16)25(4)11-12-28-15-27(28)10-9-20(30)24(2,3)18(27)7-8-19(28)26(25,5)23(22)31/h16-23,29-31H,7-15H2,1-6H3/t16-,17?,18+,19?,20+,21+,22?,23+,25-,26-,27-,28+/m1/s1. The number of fused-ring (bicyclic) bond motifs is 4. The van der Waals surface area contributed by atoms with E-state index in [2.05, 4.69) is 39.3 Å². The van der Waals surface area contributed by atoms with Crippen molar-refractivity contribution in [2.45, 2.75) is 110 Å². The SMILES string of the molecule is C[C@@H]1CC(CNS(C)(=O)=O)OC2[C@H]1[C@@]1(C)CC[C@@]34C[C@@]35CC[C@H](O)C(C)(C)[C@@H]5CCC4[C@]1(C)[C@H]2O. The first-order chi connectivity index (χ1) is 16.1. The monoisotopic (exact) mass is 509 g/mol. The van der Waals surface area contributed by atoms with E-state index in [0.29, 0.717) is 34.5 Å². The summed E-state index contributed by atoms with van der Waals surface area (Å²) < 4.78 is 32.6. The molecule has 0 radical (unpaired) electrons. The van der Waals surface area contributed by atoms with Gasteiger partial charge in [-0.3, -0.25) is 0 Å². The predicted molar refractivity (Wildman–Crippen MR) is 135 cm³/mol. The van der Waals surface area contributed by atoms with E-state index < -0.39 is 16.1 Å². The Bertz CT molecular complexity index is 1010. The van der Waals surface area contributed by atoms with Crippen LogP contribution in [-0.2, 0) is 14.8 Å². The van der Waals surface area contributed by atoms with Crippen LogP contribution >= 0.6 is 0 Å². The van der Waals surface area contributed by atoms with Crippen LogP contribution in [0.4, 0.5) is 0 Å². The summed E-state index contributed by atoms with van der Waals surface area (Å²) in [4.78, 5) is 0. The highest BCUT2D eigenvalue weighted by atomic mass is 32.2. The van der Waals surface area contributed by atoms with Gasteiger partial charge in [0.05, 0.1) is 30.7 Å². The Morgan fingerprint density at radius 1 is 0.971 bits per heavy atom. The quantitative estimate of drug-likeness (QED) is 0.539. The van der Waals surface area contributed by atoms with Gasteiger partial charge in [0, 0.05) is 12.0 Å². The van der Waals surface area contributed by atoms with Crippen LogP contribution in [0.3, 0.4) is 0 Å². The van der Waals surface area contributed by atoms with Crippen LogP contribution in [0.1, 0.15) is 86.0 Å². The van der Waals surface area contributed by atoms with Gasteiger partial charge in [0.2, 0.25) is 10.0 Å². The second-order valence-electron chi connectivity index (χ2n) is 14.8. The molecule has 0 amide bonds. The van der Waals surface area contributed by atoms with Gasteiger partial charge in [0.25, 0.3) is 0 Å². The van der Waals surface area contributed by atoms with Gasteiger partial charge in [-0.15, -0.1) is 0 Å². The van der Waals surface area contributed by atoms with Gasteiger partial charge in [-0.25, -0.2) is 13.1 Å². The molecular weight excluding hydrogens is 462 g/mol. The first kappa shape index (κ1) is 25.1. The molecule has 0 aromatic carbocycles. The lowest BCUT2D eigenvalue weighted by molar-refractivity contribution is -0.182. The molecule has 6 nitrogen and oxygen atoms in total. The van der Waals surface area contributed by atoms with Gasteiger partial charge >= 0.3 is 0 Å². The number of nitrogens with one attached hydrogen (secondary N) is 1. The molecule has 35 heavy (non-hydrogen) atoms. The number of ether oxygens (including phenoxy) is 1. The van der Waals surface area contributed by atoms with E-state index in [1.54, 1.807) is 0 Å². The average molecular weight is 510 g/mol. The van der Waals surface area contributed by atoms with Crippen molar-refractivity contribution < 1.29 is 23.4 Å². The second kappa shape index (κ2) is 7.25. The van der Waals surface area contributed by atoms with Gasteiger partial charge in [-0.1, -0.05) is 34.6 Å². The zero-order valence-corrected chi connectivity index (χ0v) is 23.3. The van der Waals surface area contributed by atoms with Gasteiger partial charge in [0.15, 0.2) is 0 Å². The van der Waals surface area contributed by atoms with E-state index in [0.717, 1.165) is 38.5 Å². The van der Waals surface area contributed by atoms with Gasteiger partial charge in [0.1, 0.15) is 0 Å². The van der Waals surface area contributed by atoms with Crippen LogP contribution in [0.5, 0.6) is 0 Å². The predicted octanol–water partition coefficient (Wildman–Crippen LogP) is 3.71. The normalized spacial score (nSPS) is 58.4. The van der Waals surface area contributed by atoms with E-state index in [1.165, 1.54) is 19.1 Å². The maximum Gasteiger partial charge on any atom is 0.208 e. The number of aliphatic hydroxyl groups is 2. The molecular formula is C28H47NO5S. The minimum Gasteiger partial charge on any atom is -0.393 e. The molecule has 3 N–H and O–H groups in total. The third kappa shape index (κ3) is 2.94. The molecule has 1 aliphatic heterocycles. The molecule has 0 aromatic rings. The summed E-state index contributed by atoms with van der Waals surface area (Å²) in [7, 11) is -3.28. The maximum atomic E-state index is 12.1. The lowest BCUT2D eigenvalue weighted by atomic mass is 9.41. The minimum absolute atomic E-state index is 0.0158. The Balaban J connectivity index is 1.33. The van der Waals surface area contributed by atoms with Crippen LogP contribution in [0.2, 0.25) is 0 Å². The molecule has 1 heterocycles. The summed E-state index contributed by atoms with van der Waals surface area (Å²) in [5.74, 6) is 1.74. The fourth-order valence-electron chi connectivity index (χ4n) is 11.8. The van der Waals surface area contributed by atoms with Crippen LogP contribution in [0.15, 0.2) is 0 Å². The molecule has 0 bridgehead atoms. The van der Waals surface area contributed by atoms with Crippen LogP contribution in [-0.4, -0.2) is 55.8 Å². The summed E-state index contributed by atoms with van der Waals surface area (Å²) in [6, 6.07) is 0. The Labute approximate surface area is 212 Å². The minimum atomic E-state index is -3.28. The molecule has 6 rings (SSSR count). The fraction of sp³-hybridized carbons (Fsp3) is 1.00. The smallest absolute Gasteiger partial charge is 0.208 e. The average Bonchev–Trinajstić information content (AvgIpc) is 3.40. The molecule has 3 unspecified atom stereocenters. The summed E-state index contributed by atoms with van der Waals surface area (Å²) in [6.45, 7) is 12.0. The maximum absolute atomic E-state index is 12.1. The summed E-state index contributed by atoms with van der Waals surface area (Å²) in [5, 5.41) is 23.0. The van der Waals surface area contributed by atoms with E-state index >= 15 is 0 Å². The van der Waals surface area contributed by atoms with E-state index in [9.17, 15) is 18.6 Å². The van der Waals surface area contributed by atoms with E-state index in [4.69, 9.17) is 4.74 Å². The zero-order valence-electron chi connectivity index (χ0n) is 22.5. The number of rotatable bonds is 3. The third-order valence-electron chi connectivity index (χ3n) is 13.4. The van der Waals surface area contributed by atoms with Gasteiger partial charge in [-0.2, -0.15) is 0 Å². The molecule has 6 fully saturated rings. The second-order valence-corrected chi connectivity index (χ2v) is 16.6. The van der Waals surface area contributed by atoms with Crippen molar-refractivity contribution in [2.75, 3.05) is 12.8 Å². The van der Waals surface area contributed by atoms with Crippen LogP contribution in [0.25, 0.3) is 0 Å². The Morgan fingerprint density at radius 3 is 2.31 bits per heavy atom. The number of hydrogen-bond donors (Lipinski definition) is 3. The van der Waals surface area contributed by atoms with Crippen molar-refractivity contribution in [3.63, 3.8) is 0 Å². The van der Waals surface area contributed by atoms with Crippen molar-refractivity contribution in [3.05, 3.63) is 0 Å². The van der Waals surface area contributed by atoms with Crippen molar-refractivity contribution in [3.8, 4) is 0 Å². The van der Waals surface area contributed by atoms with Crippen LogP contribution in [0, 0.1) is 50.7 Å². The largest absolute Gasteiger partial charge is 0.393 e. The van der Waals surface area contributed by atoms with Crippen molar-refractivity contribution >= 4 is 10.0 Å². The Hall–Kier alpha value is -0.210. The van der Waals surface area contributed by atoms with E-state index in [-0.39, 0.29) is 41.1 Å². The molecule has 7 heteroatoms. The zero-order chi connectivity index (χ0) is 25.4. The van der Waals surface area contributed by atoms with E-state index in [1.807, 2.05) is 0 Å². The molecule has 2 spiro atoms. The third-order valence-corrected chi connectivity index (χ3v) is 14.1. The van der Waals surface area contributed by atoms with Crippen molar-refractivity contribution in [1.29, 1.82) is 0 Å². The molecule has 5 saturated carbocycles. The van der Waals surface area contributed by atoms with Crippen LogP contribution < -0.4 is 4.72 Å². The topological polar surface area (TPSA) is 95.9 Å². The lowest BCUT2D eigenvalue weighted by Gasteiger charge is -2.63. The highest BCUT2D eigenvalue weighted by molar-refractivity contribution is 7.88. The molecule has 12 atom stereocenters. The lowest BCUT2D eigenvalue weighted by Crippen LogP contribution is -2.59. The highest BCUT2D eigenvalue weighted by Gasteiger charge is 2.84. The fourth-order valence-corrected chi connectivity index (χ4v) is 12.3. The Morgan fingerprint density at radius 2 is 1.63 bits per heavy atom. The van der Waals surface area contributed by atoms with Crippen molar-refractivity contribution in [1.82, 2.24) is 4.72 Å². The number of aliphatic hydroxyl groups excluding tert-OH is 2. The molecule has 6 aliphatic rings. The molecule has 0 aromatic heterocycles. The van der Waals surface area contributed by atoms with Gasteiger partial charge < -0.3 is 14.9 Å². The number of hydrogen-bond acceptors (Lipinski definition) is 5.